The quantitative estimate of drug-likeness (QED) is 0.836. The van der Waals surface area contributed by atoms with E-state index in [-0.39, 0.29) is 5.60 Å². The normalized spacial score (nSPS) is 36.1. The highest BCUT2D eigenvalue weighted by molar-refractivity contribution is 5.05. The highest BCUT2D eigenvalue weighted by Gasteiger charge is 2.52. The first-order valence-electron chi connectivity index (χ1n) is 11.4. The molecule has 0 amide bonds. The molecule has 2 spiro atoms. The van der Waals surface area contributed by atoms with Gasteiger partial charge in [0.15, 0.2) is 0 Å². The average molecular weight is 362 g/mol. The number of rotatable bonds is 3. The van der Waals surface area contributed by atoms with Gasteiger partial charge in [-0.25, -0.2) is 0 Å². The Bertz CT molecular complexity index is 476. The van der Waals surface area contributed by atoms with Gasteiger partial charge in [-0.1, -0.05) is 6.92 Å². The first-order chi connectivity index (χ1) is 12.6. The third kappa shape index (κ3) is 3.47. The van der Waals surface area contributed by atoms with Crippen molar-refractivity contribution in [3.05, 3.63) is 0 Å². The summed E-state index contributed by atoms with van der Waals surface area (Å²) in [6.45, 7) is 12.3. The van der Waals surface area contributed by atoms with Crippen LogP contribution in [0.2, 0.25) is 0 Å². The van der Waals surface area contributed by atoms with Crippen molar-refractivity contribution in [3.8, 4) is 0 Å². The van der Waals surface area contributed by atoms with E-state index in [2.05, 4.69) is 22.0 Å². The number of nitrogens with zero attached hydrogens (tertiary/aromatic N) is 2. The minimum absolute atomic E-state index is 0.249. The van der Waals surface area contributed by atoms with Gasteiger partial charge in [0.2, 0.25) is 0 Å². The van der Waals surface area contributed by atoms with E-state index in [9.17, 15) is 0 Å². The lowest BCUT2D eigenvalue weighted by atomic mass is 9.59. The van der Waals surface area contributed by atoms with Crippen LogP contribution in [0.5, 0.6) is 0 Å². The van der Waals surface area contributed by atoms with Crippen LogP contribution in [-0.2, 0) is 4.74 Å². The Morgan fingerprint density at radius 3 is 2.42 bits per heavy atom. The van der Waals surface area contributed by atoms with E-state index in [1.807, 2.05) is 0 Å². The third-order valence-corrected chi connectivity index (χ3v) is 8.46. The molecule has 0 aromatic carbocycles. The van der Waals surface area contributed by atoms with Crippen LogP contribution in [0.4, 0.5) is 0 Å². The predicted molar refractivity (Wildman–Crippen MR) is 105 cm³/mol. The minimum atomic E-state index is 0.249. The molecule has 0 aromatic rings. The maximum Gasteiger partial charge on any atom is 0.0814 e. The van der Waals surface area contributed by atoms with Crippen LogP contribution < -0.4 is 5.32 Å². The molecule has 0 unspecified atom stereocenters. The first-order valence-corrected chi connectivity index (χ1v) is 11.4. The molecule has 2 saturated carbocycles. The lowest BCUT2D eigenvalue weighted by molar-refractivity contribution is -0.191. The van der Waals surface area contributed by atoms with E-state index < -0.39 is 0 Å². The fraction of sp³-hybridized carbons (Fsp3) is 1.00. The summed E-state index contributed by atoms with van der Waals surface area (Å²) in [4.78, 5) is 5.59. The fourth-order valence-electron chi connectivity index (χ4n) is 6.89. The predicted octanol–water partition coefficient (Wildman–Crippen LogP) is 2.73. The molecule has 1 N–H and O–H groups in total. The summed E-state index contributed by atoms with van der Waals surface area (Å²) in [5.41, 5.74) is 0.951. The molecule has 3 aliphatic heterocycles. The minimum Gasteiger partial charge on any atom is -0.372 e. The summed E-state index contributed by atoms with van der Waals surface area (Å²) < 4.78 is 6.19. The van der Waals surface area contributed by atoms with Gasteiger partial charge in [-0.3, -0.25) is 4.90 Å². The molecule has 2 aliphatic carbocycles. The molecule has 4 heteroatoms. The Kier molecular flexibility index (Phi) is 4.84. The van der Waals surface area contributed by atoms with Crippen LogP contribution in [0.3, 0.4) is 0 Å². The molecule has 0 radical (unpaired) electrons. The SMILES string of the molecule is CC1CC2(C1)CN(C1CC3(CCN(CC4CCNCC4)CC3)C1)CCO2. The van der Waals surface area contributed by atoms with Crippen molar-refractivity contribution in [1.82, 2.24) is 15.1 Å². The summed E-state index contributed by atoms with van der Waals surface area (Å²) in [7, 11) is 0. The van der Waals surface area contributed by atoms with Crippen molar-refractivity contribution in [2.75, 3.05) is 52.4 Å². The number of nitrogens with one attached hydrogen (secondary N) is 1. The molecule has 26 heavy (non-hydrogen) atoms. The smallest absolute Gasteiger partial charge is 0.0814 e. The second kappa shape index (κ2) is 7.02. The van der Waals surface area contributed by atoms with Crippen molar-refractivity contribution in [1.29, 1.82) is 0 Å². The maximum atomic E-state index is 6.19. The van der Waals surface area contributed by atoms with Crippen LogP contribution in [0.1, 0.15) is 58.3 Å². The molecule has 0 aromatic heterocycles. The summed E-state index contributed by atoms with van der Waals surface area (Å²) in [6.07, 6.45) is 11.2. The molecular weight excluding hydrogens is 322 g/mol. The maximum absolute atomic E-state index is 6.19. The third-order valence-electron chi connectivity index (χ3n) is 8.46. The molecule has 148 valence electrons. The van der Waals surface area contributed by atoms with Gasteiger partial charge < -0.3 is 15.0 Å². The molecule has 0 atom stereocenters. The van der Waals surface area contributed by atoms with Crippen molar-refractivity contribution < 1.29 is 4.74 Å². The number of piperidine rings is 2. The second-order valence-electron chi connectivity index (χ2n) is 10.6. The van der Waals surface area contributed by atoms with E-state index in [1.54, 1.807) is 0 Å². The molecule has 3 heterocycles. The van der Waals surface area contributed by atoms with Gasteiger partial charge in [-0.2, -0.15) is 0 Å². The largest absolute Gasteiger partial charge is 0.372 e. The van der Waals surface area contributed by atoms with Gasteiger partial charge in [0, 0.05) is 25.7 Å². The number of likely N-dealkylation sites (tertiary alicyclic amines) is 1. The van der Waals surface area contributed by atoms with E-state index in [0.29, 0.717) is 5.41 Å². The highest BCUT2D eigenvalue weighted by Crippen LogP contribution is 2.52. The van der Waals surface area contributed by atoms with Crippen molar-refractivity contribution >= 4 is 0 Å². The number of hydrogen-bond donors (Lipinski definition) is 1. The molecule has 5 rings (SSSR count). The lowest BCUT2D eigenvalue weighted by Gasteiger charge is -2.59. The number of ether oxygens (including phenoxy) is 1. The van der Waals surface area contributed by atoms with Crippen molar-refractivity contribution in [2.45, 2.75) is 69.9 Å². The van der Waals surface area contributed by atoms with E-state index in [0.717, 1.165) is 24.5 Å². The Balaban J connectivity index is 1.07. The van der Waals surface area contributed by atoms with Gasteiger partial charge in [0.05, 0.1) is 12.2 Å². The zero-order valence-electron chi connectivity index (χ0n) is 16.8. The molecule has 4 nitrogen and oxygen atoms in total. The Hall–Kier alpha value is -0.160. The monoisotopic (exact) mass is 361 g/mol. The van der Waals surface area contributed by atoms with Gasteiger partial charge in [0.25, 0.3) is 0 Å². The second-order valence-corrected chi connectivity index (χ2v) is 10.6. The molecule has 5 fully saturated rings. The van der Waals surface area contributed by atoms with Crippen LogP contribution in [0.25, 0.3) is 0 Å². The fourth-order valence-corrected chi connectivity index (χ4v) is 6.89. The summed E-state index contributed by atoms with van der Waals surface area (Å²) in [6, 6.07) is 0.864. The van der Waals surface area contributed by atoms with E-state index in [4.69, 9.17) is 4.74 Å². The van der Waals surface area contributed by atoms with Crippen LogP contribution >= 0.6 is 0 Å². The Morgan fingerprint density at radius 2 is 1.73 bits per heavy atom. The van der Waals surface area contributed by atoms with Gasteiger partial charge >= 0.3 is 0 Å². The van der Waals surface area contributed by atoms with E-state index >= 15 is 0 Å². The summed E-state index contributed by atoms with van der Waals surface area (Å²) in [5.74, 6) is 1.83. The van der Waals surface area contributed by atoms with Crippen LogP contribution in [0.15, 0.2) is 0 Å². The van der Waals surface area contributed by atoms with Gasteiger partial charge in [-0.05, 0) is 94.8 Å². The molecular formula is C22H39N3O. The standard InChI is InChI=1S/C22H39N3O/c1-18-12-22(13-18)17-25(10-11-26-22)20-14-21(15-20)4-8-24(9-5-21)16-19-2-6-23-7-3-19/h18-20,23H,2-17H2,1H3. The summed E-state index contributed by atoms with van der Waals surface area (Å²) >= 11 is 0. The summed E-state index contributed by atoms with van der Waals surface area (Å²) in [5, 5.41) is 3.50. The zero-order chi connectivity index (χ0) is 17.6. The molecule has 0 bridgehead atoms. The van der Waals surface area contributed by atoms with Crippen molar-refractivity contribution in [3.63, 3.8) is 0 Å². The van der Waals surface area contributed by atoms with Crippen molar-refractivity contribution in [2.24, 2.45) is 17.3 Å². The van der Waals surface area contributed by atoms with Gasteiger partial charge in [0.1, 0.15) is 0 Å². The topological polar surface area (TPSA) is 27.7 Å². The molecule has 5 aliphatic rings. The Labute approximate surface area is 160 Å². The number of morpholine rings is 1. The van der Waals surface area contributed by atoms with E-state index in [1.165, 1.54) is 97.2 Å². The first kappa shape index (κ1) is 17.9. The molecule has 3 saturated heterocycles. The lowest BCUT2D eigenvalue weighted by Crippen LogP contribution is -2.64. The average Bonchev–Trinajstić information content (AvgIpc) is 2.61. The number of hydrogen-bond acceptors (Lipinski definition) is 4. The highest BCUT2D eigenvalue weighted by atomic mass is 16.5. The van der Waals surface area contributed by atoms with Crippen LogP contribution in [-0.4, -0.2) is 73.9 Å². The van der Waals surface area contributed by atoms with Crippen LogP contribution in [0, 0.1) is 17.3 Å². The van der Waals surface area contributed by atoms with Gasteiger partial charge in [-0.15, -0.1) is 0 Å². The Morgan fingerprint density at radius 1 is 1.00 bits per heavy atom. The zero-order valence-corrected chi connectivity index (χ0v) is 16.8.